The second-order valence-corrected chi connectivity index (χ2v) is 9.25. The fourth-order valence-corrected chi connectivity index (χ4v) is 4.63. The Morgan fingerprint density at radius 1 is 1.06 bits per heavy atom. The van der Waals surface area contributed by atoms with Gasteiger partial charge in [0.2, 0.25) is 0 Å². The number of pyridine rings is 1. The average Bonchev–Trinajstić information content (AvgIpc) is 2.85. The normalized spacial score (nSPS) is 18.7. The summed E-state index contributed by atoms with van der Waals surface area (Å²) in [6.45, 7) is 0.874. The van der Waals surface area contributed by atoms with E-state index in [9.17, 15) is 0 Å². The van der Waals surface area contributed by atoms with Crippen molar-refractivity contribution in [1.82, 2.24) is 9.88 Å². The highest BCUT2D eigenvalue weighted by molar-refractivity contribution is 6.15. The summed E-state index contributed by atoms with van der Waals surface area (Å²) in [4.78, 5) is 6.60. The number of rotatable bonds is 7. The van der Waals surface area contributed by atoms with Crippen molar-refractivity contribution in [3.8, 4) is 11.1 Å². The molecule has 1 aromatic heterocycles. The van der Waals surface area contributed by atoms with Crippen molar-refractivity contribution in [2.75, 3.05) is 12.8 Å². The first-order chi connectivity index (χ1) is 16.4. The molecule has 6 heteroatoms. The molecule has 0 saturated heterocycles. The number of hydrogen-bond acceptors (Lipinski definition) is 6. The summed E-state index contributed by atoms with van der Waals surface area (Å²) in [5, 5.41) is 8.69. The highest BCUT2D eigenvalue weighted by atomic mass is 15.1. The minimum absolute atomic E-state index is 0.212. The third-order valence-electron chi connectivity index (χ3n) is 6.68. The molecule has 1 aliphatic rings. The van der Waals surface area contributed by atoms with Gasteiger partial charge >= 0.3 is 0 Å². The molecule has 1 saturated carbocycles. The molecule has 0 bridgehead atoms. The van der Waals surface area contributed by atoms with Gasteiger partial charge in [-0.2, -0.15) is 0 Å². The van der Waals surface area contributed by atoms with Crippen LogP contribution in [-0.4, -0.2) is 34.7 Å². The Kier molecular flexibility index (Phi) is 7.40. The molecule has 1 fully saturated rings. The number of allylic oxidation sites excluding steroid dienone is 1. The summed E-state index contributed by atoms with van der Waals surface area (Å²) >= 11 is 0. The van der Waals surface area contributed by atoms with Gasteiger partial charge in [-0.1, -0.05) is 36.4 Å². The van der Waals surface area contributed by atoms with Crippen molar-refractivity contribution in [2.45, 2.75) is 44.3 Å². The van der Waals surface area contributed by atoms with E-state index in [2.05, 4.69) is 29.1 Å². The van der Waals surface area contributed by atoms with Gasteiger partial charge in [-0.15, -0.1) is 0 Å². The van der Waals surface area contributed by atoms with Crippen molar-refractivity contribution in [3.05, 3.63) is 89.4 Å². The van der Waals surface area contributed by atoms with Gasteiger partial charge in [-0.25, -0.2) is 0 Å². The van der Waals surface area contributed by atoms with E-state index in [4.69, 9.17) is 22.6 Å². The molecule has 1 aliphatic carbocycles. The summed E-state index contributed by atoms with van der Waals surface area (Å²) in [7, 11) is 2.19. The zero-order valence-corrected chi connectivity index (χ0v) is 19.7. The molecule has 0 amide bonds. The van der Waals surface area contributed by atoms with Crippen LogP contribution in [0.5, 0.6) is 0 Å². The predicted molar refractivity (Wildman–Crippen MR) is 141 cm³/mol. The van der Waals surface area contributed by atoms with Gasteiger partial charge in [0.05, 0.1) is 11.4 Å². The molecule has 2 aromatic carbocycles. The molecule has 0 radical (unpaired) electrons. The zero-order valence-electron chi connectivity index (χ0n) is 19.7. The third-order valence-corrected chi connectivity index (χ3v) is 6.68. The van der Waals surface area contributed by atoms with Gasteiger partial charge in [-0.3, -0.25) is 15.3 Å². The first-order valence-electron chi connectivity index (χ1n) is 11.8. The van der Waals surface area contributed by atoms with Gasteiger partial charge in [0.15, 0.2) is 0 Å². The standard InChI is InChI=1S/C28H34N6/c1-34(24-10-8-23(29)9-11-24)18-20-5-2-4-19(14-20)15-27(31)28(32)25-16-21(7-12-26(25)30)22-6-3-13-33-17-22/h2-7,12-17,23-24,32H,8-11,18,29-31H2,1H3/b27-15-,32-28?. The van der Waals surface area contributed by atoms with Crippen LogP contribution < -0.4 is 17.2 Å². The van der Waals surface area contributed by atoms with Crippen LogP contribution in [0.1, 0.15) is 42.4 Å². The smallest absolute Gasteiger partial charge is 0.0862 e. The Bertz CT molecular complexity index is 1160. The molecule has 3 aromatic rings. The Morgan fingerprint density at radius 2 is 1.85 bits per heavy atom. The summed E-state index contributed by atoms with van der Waals surface area (Å²) in [6.07, 6.45) is 9.88. The zero-order chi connectivity index (χ0) is 24.1. The lowest BCUT2D eigenvalue weighted by Gasteiger charge is -2.33. The van der Waals surface area contributed by atoms with Crippen molar-refractivity contribution in [2.24, 2.45) is 11.5 Å². The Morgan fingerprint density at radius 3 is 2.59 bits per heavy atom. The molecule has 176 valence electrons. The highest BCUT2D eigenvalue weighted by Crippen LogP contribution is 2.25. The third kappa shape index (κ3) is 5.71. The van der Waals surface area contributed by atoms with Crippen molar-refractivity contribution in [1.29, 1.82) is 5.41 Å². The molecule has 7 N–H and O–H groups in total. The topological polar surface area (TPSA) is 118 Å². The van der Waals surface area contributed by atoms with E-state index < -0.39 is 0 Å². The number of nitrogens with one attached hydrogen (secondary N) is 1. The number of anilines is 1. The van der Waals surface area contributed by atoms with Crippen LogP contribution in [0.2, 0.25) is 0 Å². The number of nitrogens with zero attached hydrogens (tertiary/aromatic N) is 2. The van der Waals surface area contributed by atoms with E-state index >= 15 is 0 Å². The molecule has 0 atom stereocenters. The Balaban J connectivity index is 1.50. The van der Waals surface area contributed by atoms with Crippen LogP contribution >= 0.6 is 0 Å². The molecule has 0 spiro atoms. The lowest BCUT2D eigenvalue weighted by atomic mass is 9.91. The van der Waals surface area contributed by atoms with E-state index in [1.807, 2.05) is 48.5 Å². The molecular weight excluding hydrogens is 420 g/mol. The average molecular weight is 455 g/mol. The summed E-state index contributed by atoms with van der Waals surface area (Å²) < 4.78 is 0. The summed E-state index contributed by atoms with van der Waals surface area (Å²) in [5.74, 6) is 0. The molecule has 6 nitrogen and oxygen atoms in total. The lowest BCUT2D eigenvalue weighted by molar-refractivity contribution is 0.176. The largest absolute Gasteiger partial charge is 0.398 e. The van der Waals surface area contributed by atoms with Gasteiger partial charge in [0.25, 0.3) is 0 Å². The minimum atomic E-state index is 0.212. The quantitative estimate of drug-likeness (QED) is 0.312. The molecular formula is C28H34N6. The van der Waals surface area contributed by atoms with E-state index in [1.165, 1.54) is 5.56 Å². The second kappa shape index (κ2) is 10.6. The maximum atomic E-state index is 8.69. The van der Waals surface area contributed by atoms with Crippen LogP contribution in [-0.2, 0) is 6.54 Å². The number of benzene rings is 2. The number of nitrogens with two attached hydrogens (primary N) is 3. The van der Waals surface area contributed by atoms with E-state index in [0.29, 0.717) is 29.0 Å². The SMILES string of the molecule is CN(Cc1cccc(/C=C(\N)C(=N)c2cc(-c3cccnc3)ccc2N)c1)C1CCC(N)CC1. The van der Waals surface area contributed by atoms with Crippen LogP contribution in [0.3, 0.4) is 0 Å². The van der Waals surface area contributed by atoms with Gasteiger partial charge in [-0.05, 0) is 73.7 Å². The molecule has 0 unspecified atom stereocenters. The number of aromatic nitrogens is 1. The van der Waals surface area contributed by atoms with Crippen molar-refractivity contribution < 1.29 is 0 Å². The summed E-state index contributed by atoms with van der Waals surface area (Å²) in [5.41, 5.74) is 24.5. The summed E-state index contributed by atoms with van der Waals surface area (Å²) in [6, 6.07) is 18.8. The van der Waals surface area contributed by atoms with Crippen LogP contribution in [0.25, 0.3) is 17.2 Å². The maximum Gasteiger partial charge on any atom is 0.0862 e. The lowest BCUT2D eigenvalue weighted by Crippen LogP contribution is -2.38. The van der Waals surface area contributed by atoms with Crippen molar-refractivity contribution in [3.63, 3.8) is 0 Å². The fourth-order valence-electron chi connectivity index (χ4n) is 4.63. The first kappa shape index (κ1) is 23.7. The Hall–Kier alpha value is -3.48. The highest BCUT2D eigenvalue weighted by Gasteiger charge is 2.22. The maximum absolute atomic E-state index is 8.69. The van der Waals surface area contributed by atoms with E-state index in [0.717, 1.165) is 48.9 Å². The monoisotopic (exact) mass is 454 g/mol. The van der Waals surface area contributed by atoms with E-state index in [-0.39, 0.29) is 5.71 Å². The molecule has 34 heavy (non-hydrogen) atoms. The van der Waals surface area contributed by atoms with Gasteiger partial charge in [0, 0.05) is 47.8 Å². The van der Waals surface area contributed by atoms with Crippen LogP contribution in [0.4, 0.5) is 5.69 Å². The van der Waals surface area contributed by atoms with Gasteiger partial charge < -0.3 is 17.2 Å². The molecule has 4 rings (SSSR count). The Labute approximate surface area is 202 Å². The molecule has 0 aliphatic heterocycles. The van der Waals surface area contributed by atoms with E-state index in [1.54, 1.807) is 12.4 Å². The van der Waals surface area contributed by atoms with Gasteiger partial charge in [0.1, 0.15) is 0 Å². The fraction of sp³-hybridized carbons (Fsp3) is 0.286. The van der Waals surface area contributed by atoms with Crippen LogP contribution in [0.15, 0.2) is 72.7 Å². The number of nitrogen functional groups attached to an aromatic ring is 1. The minimum Gasteiger partial charge on any atom is -0.398 e. The van der Waals surface area contributed by atoms with Crippen LogP contribution in [0, 0.1) is 5.41 Å². The van der Waals surface area contributed by atoms with Crippen molar-refractivity contribution >= 4 is 17.5 Å². The predicted octanol–water partition coefficient (Wildman–Crippen LogP) is 4.40. The molecule has 1 heterocycles. The number of hydrogen-bond donors (Lipinski definition) is 4. The second-order valence-electron chi connectivity index (χ2n) is 9.25. The first-order valence-corrected chi connectivity index (χ1v) is 11.8.